The minimum atomic E-state index is -0.513. The molecule has 3 N–H and O–H groups in total. The number of amides is 1. The molecule has 1 aliphatic rings. The van der Waals surface area contributed by atoms with Gasteiger partial charge in [0.25, 0.3) is 5.91 Å². The average Bonchev–Trinajstić information content (AvgIpc) is 2.48. The Balaban J connectivity index is 2.32. The summed E-state index contributed by atoms with van der Waals surface area (Å²) in [7, 11) is 0. The van der Waals surface area contributed by atoms with E-state index in [1.165, 1.54) is 11.0 Å². The molecule has 1 aromatic rings. The zero-order valence-corrected chi connectivity index (χ0v) is 11.3. The summed E-state index contributed by atoms with van der Waals surface area (Å²) in [5, 5.41) is 11.8. The highest BCUT2D eigenvalue weighted by atomic mass is 19.1. The molecule has 1 amide bonds. The van der Waals surface area contributed by atoms with E-state index in [2.05, 4.69) is 5.16 Å². The van der Waals surface area contributed by atoms with Crippen LogP contribution in [0.5, 0.6) is 0 Å². The number of likely N-dealkylation sites (tertiary alicyclic amines) is 1. The van der Waals surface area contributed by atoms with Gasteiger partial charge in [-0.2, -0.15) is 0 Å². The monoisotopic (exact) mass is 279 g/mol. The number of carbonyl (C=O) groups excluding carboxylic acids is 1. The standard InChI is InChI=1S/C14H18FN3O2/c1-9-5-4-6-10(12(9)15)14(19)18-8-3-2-7-11(18)13(16)17-20/h4-6,11,20H,2-3,7-8H2,1H3,(H2,16,17). The fourth-order valence-corrected chi connectivity index (χ4v) is 2.52. The lowest BCUT2D eigenvalue weighted by atomic mass is 9.99. The van der Waals surface area contributed by atoms with E-state index in [0.717, 1.165) is 12.8 Å². The highest BCUT2D eigenvalue weighted by Gasteiger charge is 2.31. The van der Waals surface area contributed by atoms with Gasteiger partial charge in [-0.05, 0) is 37.8 Å². The predicted octanol–water partition coefficient (Wildman–Crippen LogP) is 1.88. The molecule has 6 heteroatoms. The van der Waals surface area contributed by atoms with E-state index in [0.29, 0.717) is 18.5 Å². The number of oxime groups is 1. The summed E-state index contributed by atoms with van der Waals surface area (Å²) in [6, 6.07) is 4.25. The van der Waals surface area contributed by atoms with Crippen LogP contribution in [0, 0.1) is 12.7 Å². The van der Waals surface area contributed by atoms with Crippen LogP contribution >= 0.6 is 0 Å². The van der Waals surface area contributed by atoms with Gasteiger partial charge >= 0.3 is 0 Å². The van der Waals surface area contributed by atoms with E-state index in [9.17, 15) is 9.18 Å². The average molecular weight is 279 g/mol. The normalized spacial score (nSPS) is 20.0. The quantitative estimate of drug-likeness (QED) is 0.375. The number of halogens is 1. The summed E-state index contributed by atoms with van der Waals surface area (Å²) < 4.78 is 14.1. The van der Waals surface area contributed by atoms with Crippen LogP contribution < -0.4 is 5.73 Å². The third-order valence-electron chi connectivity index (χ3n) is 3.64. The zero-order valence-electron chi connectivity index (χ0n) is 11.3. The Morgan fingerprint density at radius 1 is 1.50 bits per heavy atom. The van der Waals surface area contributed by atoms with Crippen LogP contribution in [0.2, 0.25) is 0 Å². The first-order valence-corrected chi connectivity index (χ1v) is 6.59. The maximum Gasteiger partial charge on any atom is 0.257 e. The van der Waals surface area contributed by atoms with Crippen molar-refractivity contribution in [3.05, 3.63) is 35.1 Å². The van der Waals surface area contributed by atoms with Gasteiger partial charge in [0, 0.05) is 6.54 Å². The van der Waals surface area contributed by atoms with Gasteiger partial charge in [-0.15, -0.1) is 0 Å². The van der Waals surface area contributed by atoms with E-state index >= 15 is 0 Å². The van der Waals surface area contributed by atoms with Gasteiger partial charge in [0.15, 0.2) is 5.84 Å². The van der Waals surface area contributed by atoms with Crippen LogP contribution in [0.3, 0.4) is 0 Å². The second-order valence-corrected chi connectivity index (χ2v) is 4.97. The van der Waals surface area contributed by atoms with Crippen molar-refractivity contribution in [2.45, 2.75) is 32.2 Å². The lowest BCUT2D eigenvalue weighted by molar-refractivity contribution is 0.0671. The number of nitrogens with two attached hydrogens (primary N) is 1. The van der Waals surface area contributed by atoms with Crippen molar-refractivity contribution in [3.63, 3.8) is 0 Å². The van der Waals surface area contributed by atoms with E-state index in [1.807, 2.05) is 0 Å². The predicted molar refractivity (Wildman–Crippen MR) is 73.2 cm³/mol. The molecule has 1 atom stereocenters. The lowest BCUT2D eigenvalue weighted by Crippen LogP contribution is -2.50. The van der Waals surface area contributed by atoms with Crippen LogP contribution in [0.15, 0.2) is 23.4 Å². The largest absolute Gasteiger partial charge is 0.409 e. The van der Waals surface area contributed by atoms with E-state index in [-0.39, 0.29) is 11.4 Å². The number of aryl methyl sites for hydroxylation is 1. The molecule has 0 bridgehead atoms. The third kappa shape index (κ3) is 2.59. The molecule has 2 rings (SSSR count). The molecule has 5 nitrogen and oxygen atoms in total. The van der Waals surface area contributed by atoms with Crippen LogP contribution in [0.25, 0.3) is 0 Å². The molecule has 1 fully saturated rings. The molecule has 1 heterocycles. The molecule has 0 aromatic heterocycles. The smallest absolute Gasteiger partial charge is 0.257 e. The Hall–Kier alpha value is -2.11. The maximum atomic E-state index is 14.1. The van der Waals surface area contributed by atoms with Crippen molar-refractivity contribution >= 4 is 11.7 Å². The van der Waals surface area contributed by atoms with Crippen LogP contribution in [-0.4, -0.2) is 34.4 Å². The SMILES string of the molecule is Cc1cccc(C(=O)N2CCCCC2/C(N)=N/O)c1F. The number of piperidine rings is 1. The highest BCUT2D eigenvalue weighted by Crippen LogP contribution is 2.22. The molecular weight excluding hydrogens is 261 g/mol. The number of benzene rings is 1. The minimum Gasteiger partial charge on any atom is -0.409 e. The van der Waals surface area contributed by atoms with E-state index < -0.39 is 17.8 Å². The topological polar surface area (TPSA) is 78.9 Å². The Morgan fingerprint density at radius 3 is 2.95 bits per heavy atom. The van der Waals surface area contributed by atoms with Crippen molar-refractivity contribution in [3.8, 4) is 0 Å². The van der Waals surface area contributed by atoms with Crippen molar-refractivity contribution in [2.75, 3.05) is 6.54 Å². The molecular formula is C14H18FN3O2. The molecule has 108 valence electrons. The summed E-state index contributed by atoms with van der Waals surface area (Å²) >= 11 is 0. The van der Waals surface area contributed by atoms with E-state index in [1.54, 1.807) is 19.1 Å². The van der Waals surface area contributed by atoms with Crippen LogP contribution in [-0.2, 0) is 0 Å². The first kappa shape index (κ1) is 14.3. The Kier molecular flexibility index (Phi) is 4.22. The second kappa shape index (κ2) is 5.90. The Labute approximate surface area is 116 Å². The molecule has 1 aliphatic heterocycles. The summed E-state index contributed by atoms with van der Waals surface area (Å²) in [4.78, 5) is 14.0. The highest BCUT2D eigenvalue weighted by molar-refractivity contribution is 5.98. The van der Waals surface area contributed by atoms with Crippen molar-refractivity contribution < 1.29 is 14.4 Å². The molecule has 0 saturated carbocycles. The van der Waals surface area contributed by atoms with Gasteiger partial charge in [-0.3, -0.25) is 4.79 Å². The fraction of sp³-hybridized carbons (Fsp3) is 0.429. The van der Waals surface area contributed by atoms with Crippen LogP contribution in [0.4, 0.5) is 4.39 Å². The Bertz CT molecular complexity index is 545. The van der Waals surface area contributed by atoms with Gasteiger partial charge in [0.05, 0.1) is 11.6 Å². The van der Waals surface area contributed by atoms with Crippen molar-refractivity contribution in [1.29, 1.82) is 0 Å². The van der Waals surface area contributed by atoms with Gasteiger partial charge in [-0.25, -0.2) is 4.39 Å². The third-order valence-corrected chi connectivity index (χ3v) is 3.64. The first-order chi connectivity index (χ1) is 9.56. The van der Waals surface area contributed by atoms with Crippen molar-refractivity contribution in [1.82, 2.24) is 4.90 Å². The summed E-state index contributed by atoms with van der Waals surface area (Å²) in [6.07, 6.45) is 2.34. The molecule has 0 radical (unpaired) electrons. The molecule has 20 heavy (non-hydrogen) atoms. The van der Waals surface area contributed by atoms with Gasteiger partial charge < -0.3 is 15.8 Å². The van der Waals surface area contributed by atoms with E-state index in [4.69, 9.17) is 10.9 Å². The molecule has 1 aromatic carbocycles. The molecule has 1 saturated heterocycles. The lowest BCUT2D eigenvalue weighted by Gasteiger charge is -2.35. The number of amidine groups is 1. The fourth-order valence-electron chi connectivity index (χ4n) is 2.52. The summed E-state index contributed by atoms with van der Waals surface area (Å²) in [5.41, 5.74) is 6.09. The Morgan fingerprint density at radius 2 is 2.25 bits per heavy atom. The first-order valence-electron chi connectivity index (χ1n) is 6.59. The van der Waals surface area contributed by atoms with Crippen molar-refractivity contribution in [2.24, 2.45) is 10.9 Å². The second-order valence-electron chi connectivity index (χ2n) is 4.97. The molecule has 1 unspecified atom stereocenters. The zero-order chi connectivity index (χ0) is 14.7. The number of nitrogens with zero attached hydrogens (tertiary/aromatic N) is 2. The number of hydrogen-bond acceptors (Lipinski definition) is 3. The summed E-state index contributed by atoms with van der Waals surface area (Å²) in [6.45, 7) is 2.09. The number of carbonyl (C=O) groups is 1. The van der Waals surface area contributed by atoms with Gasteiger partial charge in [0.2, 0.25) is 0 Å². The summed E-state index contributed by atoms with van der Waals surface area (Å²) in [5.74, 6) is -0.935. The van der Waals surface area contributed by atoms with Gasteiger partial charge in [0.1, 0.15) is 5.82 Å². The number of rotatable bonds is 2. The molecule has 0 aliphatic carbocycles. The molecule has 0 spiro atoms. The minimum absolute atomic E-state index is 0.00823. The number of hydrogen-bond donors (Lipinski definition) is 2. The van der Waals surface area contributed by atoms with Gasteiger partial charge in [-0.1, -0.05) is 17.3 Å². The maximum absolute atomic E-state index is 14.1. The van der Waals surface area contributed by atoms with Crippen LogP contribution in [0.1, 0.15) is 35.2 Å².